The lowest BCUT2D eigenvalue weighted by molar-refractivity contribution is -0.703. The van der Waals surface area contributed by atoms with Crippen LogP contribution in [0.1, 0.15) is 0 Å². The zero-order valence-electron chi connectivity index (χ0n) is 16.2. The first-order valence-corrected chi connectivity index (χ1v) is 9.79. The molecule has 4 rings (SSSR count). The second kappa shape index (κ2) is 9.18. The van der Waals surface area contributed by atoms with Crippen LogP contribution in [-0.4, -0.2) is 17.8 Å². The summed E-state index contributed by atoms with van der Waals surface area (Å²) in [6.45, 7) is 0.731. The molecule has 0 spiro atoms. The molecule has 29 heavy (non-hydrogen) atoms. The summed E-state index contributed by atoms with van der Waals surface area (Å²) in [5.74, 6) is 0.758. The van der Waals surface area contributed by atoms with E-state index in [-0.39, 0.29) is 6.61 Å². The van der Waals surface area contributed by atoms with Gasteiger partial charge < -0.3 is 9.84 Å². The normalized spacial score (nSPS) is 11.8. The number of benzene rings is 3. The molecule has 0 saturated carbocycles. The van der Waals surface area contributed by atoms with E-state index in [1.54, 1.807) is 0 Å². The van der Waals surface area contributed by atoms with Gasteiger partial charge in [0, 0.05) is 12.1 Å². The molecular weight excluding hydrogens is 358 g/mol. The van der Waals surface area contributed by atoms with Crippen molar-refractivity contribution in [2.75, 3.05) is 6.61 Å². The Morgan fingerprint density at radius 2 is 1.10 bits per heavy atom. The number of aliphatic hydroxyl groups is 1. The highest BCUT2D eigenvalue weighted by molar-refractivity contribution is 5.64. The number of rotatable bonds is 7. The Kier molecular flexibility index (Phi) is 5.98. The highest BCUT2D eigenvalue weighted by Crippen LogP contribution is 2.22. The Bertz CT molecular complexity index is 1010. The lowest BCUT2D eigenvalue weighted by Crippen LogP contribution is -2.41. The average Bonchev–Trinajstić information content (AvgIpc) is 2.80. The molecule has 1 N–H and O–H groups in total. The Labute approximate surface area is 171 Å². The maximum atomic E-state index is 10.3. The van der Waals surface area contributed by atoms with Crippen molar-refractivity contribution in [1.82, 2.24) is 0 Å². The lowest BCUT2D eigenvalue weighted by atomic mass is 10.1. The van der Waals surface area contributed by atoms with Crippen LogP contribution in [-0.2, 0) is 6.54 Å². The van der Waals surface area contributed by atoms with E-state index in [9.17, 15) is 5.11 Å². The van der Waals surface area contributed by atoms with Gasteiger partial charge in [-0.1, -0.05) is 72.8 Å². The van der Waals surface area contributed by atoms with Gasteiger partial charge in [0.15, 0.2) is 18.9 Å². The van der Waals surface area contributed by atoms with E-state index in [2.05, 4.69) is 36.4 Å². The van der Waals surface area contributed by atoms with Gasteiger partial charge >= 0.3 is 0 Å². The van der Waals surface area contributed by atoms with Crippen LogP contribution in [0.15, 0.2) is 109 Å². The maximum Gasteiger partial charge on any atom is 0.177 e. The van der Waals surface area contributed by atoms with E-state index in [1.807, 2.05) is 77.6 Å². The molecule has 1 atom stereocenters. The SMILES string of the molecule is OC(COc1ccc(-c2ccccc2)cc1)C[n+]1ccc(-c2ccccc2)cc1. The van der Waals surface area contributed by atoms with Gasteiger partial charge in [-0.3, -0.25) is 0 Å². The minimum absolute atomic E-state index is 0.248. The monoisotopic (exact) mass is 382 g/mol. The minimum Gasteiger partial charge on any atom is -0.491 e. The number of ether oxygens (including phenoxy) is 1. The predicted octanol–water partition coefficient (Wildman–Crippen LogP) is 4.75. The fourth-order valence-corrected chi connectivity index (χ4v) is 3.26. The third kappa shape index (κ3) is 5.09. The number of aliphatic hydroxyl groups excluding tert-OH is 1. The Morgan fingerprint density at radius 1 is 0.621 bits per heavy atom. The van der Waals surface area contributed by atoms with E-state index in [0.29, 0.717) is 6.54 Å². The second-order valence-electron chi connectivity index (χ2n) is 7.00. The smallest absolute Gasteiger partial charge is 0.177 e. The van der Waals surface area contributed by atoms with Gasteiger partial charge in [0.05, 0.1) is 0 Å². The summed E-state index contributed by atoms with van der Waals surface area (Å²) in [7, 11) is 0. The molecule has 3 aromatic carbocycles. The summed E-state index contributed by atoms with van der Waals surface area (Å²) in [5.41, 5.74) is 4.66. The summed E-state index contributed by atoms with van der Waals surface area (Å²) in [6.07, 6.45) is 3.39. The van der Waals surface area contributed by atoms with Crippen LogP contribution < -0.4 is 9.30 Å². The molecule has 0 aliphatic carbocycles. The van der Waals surface area contributed by atoms with Crippen LogP contribution >= 0.6 is 0 Å². The van der Waals surface area contributed by atoms with Crippen molar-refractivity contribution in [3.05, 3.63) is 109 Å². The third-order valence-electron chi connectivity index (χ3n) is 4.82. The summed E-state index contributed by atoms with van der Waals surface area (Å²) >= 11 is 0. The first-order chi connectivity index (χ1) is 14.3. The Balaban J connectivity index is 1.30. The zero-order chi connectivity index (χ0) is 19.9. The highest BCUT2D eigenvalue weighted by atomic mass is 16.5. The molecule has 144 valence electrons. The van der Waals surface area contributed by atoms with E-state index < -0.39 is 6.10 Å². The molecule has 0 saturated heterocycles. The molecule has 3 nitrogen and oxygen atoms in total. The van der Waals surface area contributed by atoms with Crippen molar-refractivity contribution in [3.8, 4) is 28.0 Å². The number of nitrogens with zero attached hydrogens (tertiary/aromatic N) is 1. The topological polar surface area (TPSA) is 33.3 Å². The number of aromatic nitrogens is 1. The van der Waals surface area contributed by atoms with E-state index >= 15 is 0 Å². The van der Waals surface area contributed by atoms with Crippen molar-refractivity contribution in [3.63, 3.8) is 0 Å². The van der Waals surface area contributed by atoms with Crippen LogP contribution in [0.5, 0.6) is 5.75 Å². The second-order valence-corrected chi connectivity index (χ2v) is 7.00. The van der Waals surface area contributed by atoms with Gasteiger partial charge in [-0.15, -0.1) is 0 Å². The van der Waals surface area contributed by atoms with Crippen LogP contribution in [0.25, 0.3) is 22.3 Å². The van der Waals surface area contributed by atoms with Crippen LogP contribution in [0, 0.1) is 0 Å². The quantitative estimate of drug-likeness (QED) is 0.468. The molecule has 0 fully saturated rings. The molecule has 1 aromatic heterocycles. The lowest BCUT2D eigenvalue weighted by Gasteiger charge is -2.11. The average molecular weight is 382 g/mol. The molecule has 0 aliphatic rings. The minimum atomic E-state index is -0.587. The molecule has 0 radical (unpaired) electrons. The van der Waals surface area contributed by atoms with Crippen molar-refractivity contribution in [1.29, 1.82) is 0 Å². The third-order valence-corrected chi connectivity index (χ3v) is 4.82. The summed E-state index contributed by atoms with van der Waals surface area (Å²) < 4.78 is 7.73. The highest BCUT2D eigenvalue weighted by Gasteiger charge is 2.12. The largest absolute Gasteiger partial charge is 0.491 e. The van der Waals surface area contributed by atoms with Gasteiger partial charge in [-0.25, -0.2) is 4.57 Å². The van der Waals surface area contributed by atoms with Gasteiger partial charge in [0.25, 0.3) is 0 Å². The summed E-state index contributed by atoms with van der Waals surface area (Å²) in [4.78, 5) is 0. The van der Waals surface area contributed by atoms with E-state index in [1.165, 1.54) is 11.1 Å². The van der Waals surface area contributed by atoms with Crippen molar-refractivity contribution >= 4 is 0 Å². The fourth-order valence-electron chi connectivity index (χ4n) is 3.26. The number of pyridine rings is 1. The van der Waals surface area contributed by atoms with Crippen LogP contribution in [0.2, 0.25) is 0 Å². The predicted molar refractivity (Wildman–Crippen MR) is 115 cm³/mol. The van der Waals surface area contributed by atoms with Gasteiger partial charge in [0.2, 0.25) is 0 Å². The van der Waals surface area contributed by atoms with Crippen molar-refractivity contribution in [2.24, 2.45) is 0 Å². The molecule has 4 aromatic rings. The van der Waals surface area contributed by atoms with Crippen LogP contribution in [0.3, 0.4) is 0 Å². The van der Waals surface area contributed by atoms with Crippen molar-refractivity contribution < 1.29 is 14.4 Å². The van der Waals surface area contributed by atoms with Gasteiger partial charge in [-0.05, 0) is 34.4 Å². The molecule has 1 heterocycles. The Morgan fingerprint density at radius 3 is 1.66 bits per heavy atom. The van der Waals surface area contributed by atoms with E-state index in [4.69, 9.17) is 4.74 Å². The molecular formula is C26H24NO2+. The van der Waals surface area contributed by atoms with Gasteiger partial charge in [0.1, 0.15) is 18.5 Å². The molecule has 0 bridgehead atoms. The standard InChI is InChI=1S/C26H24NO2/c28-25(19-27-17-15-24(16-18-27)22-9-5-2-6-10-22)20-29-26-13-11-23(12-14-26)21-7-3-1-4-8-21/h1-18,25,28H,19-20H2/q+1. The van der Waals surface area contributed by atoms with E-state index in [0.717, 1.165) is 16.9 Å². The first-order valence-electron chi connectivity index (χ1n) is 9.79. The summed E-state index contributed by atoms with van der Waals surface area (Å²) in [5, 5.41) is 10.3. The number of hydrogen-bond donors (Lipinski definition) is 1. The Hall–Kier alpha value is -3.43. The van der Waals surface area contributed by atoms with Gasteiger partial charge in [-0.2, -0.15) is 0 Å². The molecule has 3 heteroatoms. The maximum absolute atomic E-state index is 10.3. The summed E-state index contributed by atoms with van der Waals surface area (Å²) in [6, 6.07) is 32.6. The molecule has 1 unspecified atom stereocenters. The molecule has 0 amide bonds. The first kappa shape index (κ1) is 18.9. The van der Waals surface area contributed by atoms with Crippen molar-refractivity contribution in [2.45, 2.75) is 12.6 Å². The molecule has 0 aliphatic heterocycles. The fraction of sp³-hybridized carbons (Fsp3) is 0.115. The van der Waals surface area contributed by atoms with Crippen LogP contribution in [0.4, 0.5) is 0 Å². The number of hydrogen-bond acceptors (Lipinski definition) is 2. The zero-order valence-corrected chi connectivity index (χ0v) is 16.2.